The van der Waals surface area contributed by atoms with Gasteiger partial charge in [-0.2, -0.15) is 0 Å². The van der Waals surface area contributed by atoms with Gasteiger partial charge in [-0.15, -0.1) is 0 Å². The number of aromatic nitrogens is 1. The van der Waals surface area contributed by atoms with Crippen molar-refractivity contribution in [2.24, 2.45) is 0 Å². The fraction of sp³-hybridized carbons (Fsp3) is 0.0833. The third-order valence-electron chi connectivity index (χ3n) is 4.70. The second-order valence-corrected chi connectivity index (χ2v) is 9.90. The molecule has 0 saturated heterocycles. The molecule has 4 rings (SSSR count). The van der Waals surface area contributed by atoms with Crippen LogP contribution in [0.25, 0.3) is 21.7 Å². The summed E-state index contributed by atoms with van der Waals surface area (Å²) in [7, 11) is -2.30. The molecule has 1 amide bonds. The van der Waals surface area contributed by atoms with Gasteiger partial charge in [0.25, 0.3) is 0 Å². The predicted octanol–water partition coefficient (Wildman–Crippen LogP) is 4.90. The van der Waals surface area contributed by atoms with Gasteiger partial charge in [-0.05, 0) is 29.8 Å². The number of anilines is 1. The molecule has 0 aliphatic heterocycles. The number of hydrogen-bond donors (Lipinski definition) is 1. The molecule has 0 unspecified atom stereocenters. The van der Waals surface area contributed by atoms with Crippen molar-refractivity contribution in [2.45, 2.75) is 4.90 Å². The van der Waals surface area contributed by atoms with Gasteiger partial charge >= 0.3 is 0 Å². The quantitative estimate of drug-likeness (QED) is 0.421. The molecule has 0 fully saturated rings. The van der Waals surface area contributed by atoms with E-state index >= 15 is 0 Å². The van der Waals surface area contributed by atoms with E-state index in [9.17, 15) is 13.2 Å². The SMILES string of the molecule is COc1ccc(S(=O)(=O)CC(=O)Nc2nc(-c3ccccc3)c(-c3ccccc3)s2)cc1. The van der Waals surface area contributed by atoms with E-state index in [0.29, 0.717) is 10.9 Å². The van der Waals surface area contributed by atoms with Crippen molar-refractivity contribution in [3.63, 3.8) is 0 Å². The van der Waals surface area contributed by atoms with Gasteiger partial charge in [-0.25, -0.2) is 13.4 Å². The molecule has 32 heavy (non-hydrogen) atoms. The Labute approximate surface area is 190 Å². The van der Waals surface area contributed by atoms with Gasteiger partial charge in [-0.3, -0.25) is 4.79 Å². The van der Waals surface area contributed by atoms with Gasteiger partial charge in [0.05, 0.1) is 22.6 Å². The molecule has 0 radical (unpaired) electrons. The Kier molecular flexibility index (Phi) is 6.34. The first-order valence-corrected chi connectivity index (χ1v) is 12.2. The Morgan fingerprint density at radius 1 is 0.906 bits per heavy atom. The zero-order chi connectivity index (χ0) is 22.6. The maximum atomic E-state index is 12.6. The van der Waals surface area contributed by atoms with Gasteiger partial charge in [0.1, 0.15) is 11.5 Å². The van der Waals surface area contributed by atoms with E-state index in [0.717, 1.165) is 21.7 Å². The molecule has 0 bridgehead atoms. The van der Waals surface area contributed by atoms with Crippen LogP contribution in [0.3, 0.4) is 0 Å². The van der Waals surface area contributed by atoms with Crippen LogP contribution in [-0.4, -0.2) is 32.2 Å². The summed E-state index contributed by atoms with van der Waals surface area (Å²) in [6, 6.07) is 25.3. The van der Waals surface area contributed by atoms with Crippen LogP contribution < -0.4 is 10.1 Å². The Morgan fingerprint density at radius 2 is 1.50 bits per heavy atom. The number of benzene rings is 3. The smallest absolute Gasteiger partial charge is 0.241 e. The van der Waals surface area contributed by atoms with E-state index in [-0.39, 0.29) is 4.90 Å². The third-order valence-corrected chi connectivity index (χ3v) is 7.35. The largest absolute Gasteiger partial charge is 0.497 e. The van der Waals surface area contributed by atoms with Crippen LogP contribution in [0.4, 0.5) is 5.13 Å². The second-order valence-electron chi connectivity index (χ2n) is 6.91. The summed E-state index contributed by atoms with van der Waals surface area (Å²) in [6.07, 6.45) is 0. The number of amides is 1. The zero-order valence-electron chi connectivity index (χ0n) is 17.2. The highest BCUT2D eigenvalue weighted by Crippen LogP contribution is 2.38. The normalized spacial score (nSPS) is 11.2. The number of hydrogen-bond acceptors (Lipinski definition) is 6. The molecule has 4 aromatic rings. The number of thiazole rings is 1. The number of methoxy groups -OCH3 is 1. The highest BCUT2D eigenvalue weighted by molar-refractivity contribution is 7.92. The van der Waals surface area contributed by atoms with Crippen molar-refractivity contribution in [2.75, 3.05) is 18.2 Å². The summed E-state index contributed by atoms with van der Waals surface area (Å²) in [4.78, 5) is 18.1. The summed E-state index contributed by atoms with van der Waals surface area (Å²) in [5, 5.41) is 3.00. The highest BCUT2D eigenvalue weighted by Gasteiger charge is 2.22. The van der Waals surface area contributed by atoms with E-state index in [1.165, 1.54) is 30.6 Å². The molecule has 162 valence electrons. The lowest BCUT2D eigenvalue weighted by atomic mass is 10.1. The average molecular weight is 465 g/mol. The fourth-order valence-electron chi connectivity index (χ4n) is 3.14. The van der Waals surface area contributed by atoms with Gasteiger partial charge < -0.3 is 10.1 Å². The van der Waals surface area contributed by atoms with Gasteiger partial charge in [0.2, 0.25) is 5.91 Å². The molecular formula is C24H20N2O4S2. The minimum absolute atomic E-state index is 0.0579. The van der Waals surface area contributed by atoms with Crippen molar-refractivity contribution >= 4 is 32.2 Å². The van der Waals surface area contributed by atoms with Crippen molar-refractivity contribution in [3.05, 3.63) is 84.9 Å². The topological polar surface area (TPSA) is 85.4 Å². The van der Waals surface area contributed by atoms with E-state index in [4.69, 9.17) is 4.74 Å². The lowest BCUT2D eigenvalue weighted by molar-refractivity contribution is -0.113. The van der Waals surface area contributed by atoms with Crippen LogP contribution in [-0.2, 0) is 14.6 Å². The first kappa shape index (κ1) is 21.7. The molecule has 1 aromatic heterocycles. The van der Waals surface area contributed by atoms with Crippen LogP contribution in [0.1, 0.15) is 0 Å². The number of nitrogens with zero attached hydrogens (tertiary/aromatic N) is 1. The number of rotatable bonds is 7. The van der Waals surface area contributed by atoms with Crippen molar-refractivity contribution in [1.29, 1.82) is 0 Å². The molecule has 1 heterocycles. The highest BCUT2D eigenvalue weighted by atomic mass is 32.2. The Balaban J connectivity index is 1.59. The molecule has 1 N–H and O–H groups in total. The molecule has 0 saturated carbocycles. The summed E-state index contributed by atoms with van der Waals surface area (Å²) in [5.41, 5.74) is 2.61. The van der Waals surface area contributed by atoms with Crippen LogP contribution in [0.15, 0.2) is 89.8 Å². The van der Waals surface area contributed by atoms with Crippen LogP contribution in [0.2, 0.25) is 0 Å². The zero-order valence-corrected chi connectivity index (χ0v) is 18.8. The second kappa shape index (κ2) is 9.33. The Bertz CT molecular complexity index is 1260. The number of ether oxygens (including phenoxy) is 1. The third kappa shape index (κ3) is 4.87. The van der Waals surface area contributed by atoms with Crippen molar-refractivity contribution < 1.29 is 17.9 Å². The van der Waals surface area contributed by atoms with Crippen molar-refractivity contribution in [3.8, 4) is 27.4 Å². The molecule has 0 spiro atoms. The van der Waals surface area contributed by atoms with Crippen molar-refractivity contribution in [1.82, 2.24) is 4.98 Å². The monoisotopic (exact) mass is 464 g/mol. The Hall–Kier alpha value is -3.49. The van der Waals surface area contributed by atoms with Crippen LogP contribution in [0, 0.1) is 0 Å². The van der Waals surface area contributed by atoms with E-state index < -0.39 is 21.5 Å². The number of nitrogens with one attached hydrogen (secondary N) is 1. The molecule has 3 aromatic carbocycles. The first-order valence-electron chi connectivity index (χ1n) is 9.74. The number of carbonyl (C=O) groups is 1. The minimum atomic E-state index is -3.80. The predicted molar refractivity (Wildman–Crippen MR) is 127 cm³/mol. The molecule has 6 nitrogen and oxygen atoms in total. The van der Waals surface area contributed by atoms with E-state index in [1.807, 2.05) is 60.7 Å². The summed E-state index contributed by atoms with van der Waals surface area (Å²) in [6.45, 7) is 0. The lowest BCUT2D eigenvalue weighted by Gasteiger charge is -2.05. The molecular weight excluding hydrogens is 444 g/mol. The van der Waals surface area contributed by atoms with Gasteiger partial charge in [0.15, 0.2) is 15.0 Å². The van der Waals surface area contributed by atoms with Crippen LogP contribution in [0.5, 0.6) is 5.75 Å². The van der Waals surface area contributed by atoms with E-state index in [1.54, 1.807) is 12.1 Å². The first-order chi connectivity index (χ1) is 15.5. The fourth-order valence-corrected chi connectivity index (χ4v) is 5.29. The summed E-state index contributed by atoms with van der Waals surface area (Å²) >= 11 is 1.31. The Morgan fingerprint density at radius 3 is 2.09 bits per heavy atom. The maximum absolute atomic E-state index is 12.6. The van der Waals surface area contributed by atoms with Crippen LogP contribution >= 0.6 is 11.3 Å². The molecule has 0 aliphatic carbocycles. The summed E-state index contributed by atoms with van der Waals surface area (Å²) < 4.78 is 30.3. The minimum Gasteiger partial charge on any atom is -0.497 e. The number of sulfone groups is 1. The lowest BCUT2D eigenvalue weighted by Crippen LogP contribution is -2.22. The van der Waals surface area contributed by atoms with Gasteiger partial charge in [0, 0.05) is 5.56 Å². The molecule has 8 heteroatoms. The molecule has 0 atom stereocenters. The summed E-state index contributed by atoms with van der Waals surface area (Å²) in [5.74, 6) is -0.785. The van der Waals surface area contributed by atoms with Gasteiger partial charge in [-0.1, -0.05) is 72.0 Å². The number of carbonyl (C=O) groups excluding carboxylic acids is 1. The standard InChI is InChI=1S/C24H20N2O4S2/c1-30-19-12-14-20(15-13-19)32(28,29)16-21(27)25-24-26-22(17-8-4-2-5-9-17)23(31-24)18-10-6-3-7-11-18/h2-15H,16H2,1H3,(H,25,26,27). The van der Waals surface area contributed by atoms with E-state index in [2.05, 4.69) is 10.3 Å². The maximum Gasteiger partial charge on any atom is 0.241 e. The average Bonchev–Trinajstić information content (AvgIpc) is 3.23. The molecule has 0 aliphatic rings.